The van der Waals surface area contributed by atoms with Crippen molar-refractivity contribution in [3.8, 4) is 5.88 Å². The Labute approximate surface area is 127 Å². The average Bonchev–Trinajstić information content (AvgIpc) is 2.81. The standard InChI is InChI=1S/C15H17ClN2OS/c16-9-4-5-14-13(6-9)15(18-20-14)19-12-7-10-2-1-3-11(8-12)17-10/h4-6,10-12,17H,1-3,7-8H2/t10-,11+,12-. The number of piperidine rings is 2. The van der Waals surface area contributed by atoms with Gasteiger partial charge in [-0.2, -0.15) is 4.37 Å². The number of aromatic nitrogens is 1. The zero-order valence-electron chi connectivity index (χ0n) is 11.1. The molecule has 0 spiro atoms. The summed E-state index contributed by atoms with van der Waals surface area (Å²) in [6, 6.07) is 7.12. The van der Waals surface area contributed by atoms with Crippen LogP contribution in [0.1, 0.15) is 32.1 Å². The minimum atomic E-state index is 0.288. The van der Waals surface area contributed by atoms with Crippen molar-refractivity contribution >= 4 is 33.2 Å². The molecule has 1 aromatic carbocycles. The molecule has 3 heterocycles. The lowest BCUT2D eigenvalue weighted by Gasteiger charge is -2.39. The lowest BCUT2D eigenvalue weighted by molar-refractivity contribution is 0.0911. The molecular formula is C15H17ClN2OS. The fraction of sp³-hybridized carbons (Fsp3) is 0.533. The molecule has 0 saturated carbocycles. The summed E-state index contributed by atoms with van der Waals surface area (Å²) < 4.78 is 11.8. The van der Waals surface area contributed by atoms with E-state index >= 15 is 0 Å². The molecule has 2 saturated heterocycles. The van der Waals surface area contributed by atoms with Crippen LogP contribution in [0.5, 0.6) is 5.88 Å². The van der Waals surface area contributed by atoms with Crippen LogP contribution >= 0.6 is 23.1 Å². The fourth-order valence-corrected chi connectivity index (χ4v) is 4.31. The molecular weight excluding hydrogens is 292 g/mol. The maximum atomic E-state index is 6.20. The van der Waals surface area contributed by atoms with Gasteiger partial charge in [0.1, 0.15) is 6.10 Å². The number of halogens is 1. The van der Waals surface area contributed by atoms with E-state index in [0.717, 1.165) is 33.8 Å². The average molecular weight is 309 g/mol. The quantitative estimate of drug-likeness (QED) is 0.910. The van der Waals surface area contributed by atoms with Gasteiger partial charge < -0.3 is 10.1 Å². The highest BCUT2D eigenvalue weighted by Gasteiger charge is 2.32. The Morgan fingerprint density at radius 3 is 2.85 bits per heavy atom. The van der Waals surface area contributed by atoms with Gasteiger partial charge in [-0.25, -0.2) is 0 Å². The minimum Gasteiger partial charge on any atom is -0.473 e. The highest BCUT2D eigenvalue weighted by molar-refractivity contribution is 7.13. The Kier molecular flexibility index (Phi) is 3.33. The summed E-state index contributed by atoms with van der Waals surface area (Å²) >= 11 is 7.56. The Morgan fingerprint density at radius 1 is 1.25 bits per heavy atom. The molecule has 3 atom stereocenters. The normalized spacial score (nSPS) is 29.6. The molecule has 2 bridgehead atoms. The lowest BCUT2D eigenvalue weighted by atomic mass is 9.85. The topological polar surface area (TPSA) is 34.1 Å². The van der Waals surface area contributed by atoms with Gasteiger partial charge in [0.05, 0.1) is 10.1 Å². The highest BCUT2D eigenvalue weighted by Crippen LogP contribution is 2.34. The van der Waals surface area contributed by atoms with E-state index in [2.05, 4.69) is 9.69 Å². The van der Waals surface area contributed by atoms with Gasteiger partial charge in [-0.05, 0) is 55.4 Å². The first-order valence-corrected chi connectivity index (χ1v) is 8.41. The second-order valence-corrected chi connectivity index (χ2v) is 7.07. The third kappa shape index (κ3) is 2.41. The number of ether oxygens (including phenoxy) is 1. The molecule has 106 valence electrons. The van der Waals surface area contributed by atoms with Crippen molar-refractivity contribution in [1.29, 1.82) is 0 Å². The maximum Gasteiger partial charge on any atom is 0.233 e. The minimum absolute atomic E-state index is 0.288. The van der Waals surface area contributed by atoms with Gasteiger partial charge >= 0.3 is 0 Å². The third-order valence-corrected chi connectivity index (χ3v) is 5.39. The van der Waals surface area contributed by atoms with Crippen LogP contribution in [0.4, 0.5) is 0 Å². The van der Waals surface area contributed by atoms with Gasteiger partial charge in [0, 0.05) is 17.1 Å². The van der Waals surface area contributed by atoms with Crippen LogP contribution in [0.15, 0.2) is 18.2 Å². The van der Waals surface area contributed by atoms with Crippen LogP contribution in [0, 0.1) is 0 Å². The molecule has 2 fully saturated rings. The van der Waals surface area contributed by atoms with Crippen molar-refractivity contribution in [2.75, 3.05) is 0 Å². The lowest BCUT2D eigenvalue weighted by Crippen LogP contribution is -2.51. The Hall–Kier alpha value is -0.840. The first-order valence-electron chi connectivity index (χ1n) is 7.25. The number of nitrogens with zero attached hydrogens (tertiary/aromatic N) is 1. The van der Waals surface area contributed by atoms with Gasteiger partial charge in [0.15, 0.2) is 0 Å². The number of hydrogen-bond donors (Lipinski definition) is 1. The van der Waals surface area contributed by atoms with Gasteiger partial charge in [-0.15, -0.1) is 0 Å². The molecule has 0 aliphatic carbocycles. The summed E-state index contributed by atoms with van der Waals surface area (Å²) in [6.45, 7) is 0. The molecule has 4 rings (SSSR count). The molecule has 0 amide bonds. The van der Waals surface area contributed by atoms with Crippen LogP contribution in [0.3, 0.4) is 0 Å². The molecule has 1 N–H and O–H groups in total. The van der Waals surface area contributed by atoms with E-state index in [4.69, 9.17) is 16.3 Å². The van der Waals surface area contributed by atoms with Crippen LogP contribution in [0.25, 0.3) is 10.1 Å². The van der Waals surface area contributed by atoms with E-state index in [-0.39, 0.29) is 6.10 Å². The maximum absolute atomic E-state index is 6.20. The van der Waals surface area contributed by atoms with E-state index in [0.29, 0.717) is 12.1 Å². The summed E-state index contributed by atoms with van der Waals surface area (Å²) in [5.41, 5.74) is 0. The van der Waals surface area contributed by atoms with Crippen LogP contribution in [0.2, 0.25) is 5.02 Å². The van der Waals surface area contributed by atoms with Gasteiger partial charge in [-0.3, -0.25) is 0 Å². The van der Waals surface area contributed by atoms with Crippen molar-refractivity contribution in [1.82, 2.24) is 9.69 Å². The molecule has 0 unspecified atom stereocenters. The first kappa shape index (κ1) is 12.9. The molecule has 0 radical (unpaired) electrons. The Morgan fingerprint density at radius 2 is 2.05 bits per heavy atom. The third-order valence-electron chi connectivity index (χ3n) is 4.35. The van der Waals surface area contributed by atoms with E-state index in [1.165, 1.54) is 30.8 Å². The van der Waals surface area contributed by atoms with Crippen molar-refractivity contribution in [3.05, 3.63) is 23.2 Å². The van der Waals surface area contributed by atoms with Crippen LogP contribution in [-0.4, -0.2) is 22.6 Å². The van der Waals surface area contributed by atoms with Crippen molar-refractivity contribution < 1.29 is 4.74 Å². The number of hydrogen-bond acceptors (Lipinski definition) is 4. The largest absolute Gasteiger partial charge is 0.473 e. The van der Waals surface area contributed by atoms with Crippen LogP contribution in [-0.2, 0) is 0 Å². The second kappa shape index (κ2) is 5.17. The predicted molar refractivity (Wildman–Crippen MR) is 82.8 cm³/mol. The van der Waals surface area contributed by atoms with E-state index in [1.807, 2.05) is 18.2 Å². The summed E-state index contributed by atoms with van der Waals surface area (Å²) in [6.07, 6.45) is 6.38. The molecule has 1 aromatic heterocycles. The van der Waals surface area contributed by atoms with Gasteiger partial charge in [0.2, 0.25) is 5.88 Å². The van der Waals surface area contributed by atoms with Crippen molar-refractivity contribution in [2.45, 2.75) is 50.3 Å². The van der Waals surface area contributed by atoms with E-state index in [9.17, 15) is 0 Å². The zero-order chi connectivity index (χ0) is 13.5. The second-order valence-electron chi connectivity index (χ2n) is 5.83. The highest BCUT2D eigenvalue weighted by atomic mass is 35.5. The molecule has 2 aromatic rings. The Balaban J connectivity index is 1.56. The number of nitrogens with one attached hydrogen (secondary N) is 1. The smallest absolute Gasteiger partial charge is 0.233 e. The fourth-order valence-electron chi connectivity index (χ4n) is 3.44. The zero-order valence-corrected chi connectivity index (χ0v) is 12.7. The molecule has 20 heavy (non-hydrogen) atoms. The number of fused-ring (bicyclic) bond motifs is 3. The monoisotopic (exact) mass is 308 g/mol. The number of rotatable bonds is 2. The van der Waals surface area contributed by atoms with Crippen molar-refractivity contribution in [3.63, 3.8) is 0 Å². The molecule has 2 aliphatic heterocycles. The van der Waals surface area contributed by atoms with Crippen molar-refractivity contribution in [2.24, 2.45) is 0 Å². The van der Waals surface area contributed by atoms with Gasteiger partial charge in [0.25, 0.3) is 0 Å². The Bertz CT molecular complexity index is 617. The number of benzene rings is 1. The van der Waals surface area contributed by atoms with E-state index in [1.54, 1.807) is 0 Å². The summed E-state index contributed by atoms with van der Waals surface area (Å²) in [5, 5.41) is 5.48. The molecule has 3 nitrogen and oxygen atoms in total. The van der Waals surface area contributed by atoms with E-state index < -0.39 is 0 Å². The molecule has 2 aliphatic rings. The van der Waals surface area contributed by atoms with Gasteiger partial charge in [-0.1, -0.05) is 18.0 Å². The molecule has 5 heteroatoms. The summed E-state index contributed by atoms with van der Waals surface area (Å²) in [5.74, 6) is 0.762. The van der Waals surface area contributed by atoms with Crippen LogP contribution < -0.4 is 10.1 Å². The summed E-state index contributed by atoms with van der Waals surface area (Å²) in [7, 11) is 0. The first-order chi connectivity index (χ1) is 9.78. The SMILES string of the molecule is Clc1ccc2snc(O[C@@H]3C[C@H]4CCC[C@@H](C3)N4)c2c1. The predicted octanol–water partition coefficient (Wildman–Crippen LogP) is 4.00. The summed E-state index contributed by atoms with van der Waals surface area (Å²) in [4.78, 5) is 0.